The van der Waals surface area contributed by atoms with Crippen molar-refractivity contribution in [3.05, 3.63) is 34.3 Å². The Morgan fingerprint density at radius 2 is 1.80 bits per heavy atom. The normalized spacial score (nSPS) is 20.1. The number of hydrogen-bond donors (Lipinski definition) is 0. The summed E-state index contributed by atoms with van der Waals surface area (Å²) in [6.07, 6.45) is 0. The molecule has 1 fully saturated rings. The van der Waals surface area contributed by atoms with E-state index >= 15 is 0 Å². The fraction of sp³-hybridized carbons (Fsp3) is 0.500. The molecule has 82 valence electrons. The number of morpholine rings is 1. The average Bonchev–Trinajstić information content (AvgIpc) is 2.30. The lowest BCUT2D eigenvalue weighted by molar-refractivity contribution is 0.0198. The summed E-state index contributed by atoms with van der Waals surface area (Å²) in [4.78, 5) is 2.47. The maximum Gasteiger partial charge on any atom is 0.0594 e. The number of nitrogens with zero attached hydrogens (tertiary/aromatic N) is 1. The van der Waals surface area contributed by atoms with Gasteiger partial charge >= 0.3 is 0 Å². The van der Waals surface area contributed by atoms with E-state index in [-0.39, 0.29) is 0 Å². The summed E-state index contributed by atoms with van der Waals surface area (Å²) in [5, 5.41) is 0. The van der Waals surface area contributed by atoms with Crippen molar-refractivity contribution < 1.29 is 4.74 Å². The van der Waals surface area contributed by atoms with Crippen molar-refractivity contribution in [1.29, 1.82) is 0 Å². The van der Waals surface area contributed by atoms with Gasteiger partial charge in [0.05, 0.1) is 13.2 Å². The molecule has 1 aliphatic rings. The fourth-order valence-electron chi connectivity index (χ4n) is 1.92. The van der Waals surface area contributed by atoms with E-state index in [1.807, 2.05) is 0 Å². The first-order valence-electron chi connectivity index (χ1n) is 5.34. The number of rotatable bonds is 2. The van der Waals surface area contributed by atoms with E-state index in [2.05, 4.69) is 52.0 Å². The third-order valence-electron chi connectivity index (χ3n) is 2.95. The summed E-state index contributed by atoms with van der Waals surface area (Å²) in [6, 6.07) is 9.06. The van der Waals surface area contributed by atoms with E-state index in [4.69, 9.17) is 4.74 Å². The number of halogens is 1. The Balaban J connectivity index is 2.05. The minimum absolute atomic E-state index is 0.488. The minimum atomic E-state index is 0.488. The number of hydrogen-bond acceptors (Lipinski definition) is 2. The Bertz CT molecular complexity index is 306. The lowest BCUT2D eigenvalue weighted by Gasteiger charge is -2.32. The highest BCUT2D eigenvalue weighted by molar-refractivity contribution is 9.10. The quantitative estimate of drug-likeness (QED) is 0.819. The summed E-state index contributed by atoms with van der Waals surface area (Å²) in [5.41, 5.74) is 1.38. The largest absolute Gasteiger partial charge is 0.379 e. The highest BCUT2D eigenvalue weighted by atomic mass is 79.9. The molecular formula is C12H16BrNO. The van der Waals surface area contributed by atoms with Crippen LogP contribution in [0.1, 0.15) is 18.5 Å². The minimum Gasteiger partial charge on any atom is -0.379 e. The second kappa shape index (κ2) is 5.10. The highest BCUT2D eigenvalue weighted by Crippen LogP contribution is 2.22. The average molecular weight is 270 g/mol. The maximum atomic E-state index is 5.36. The van der Waals surface area contributed by atoms with E-state index in [0.717, 1.165) is 30.8 Å². The number of ether oxygens (including phenoxy) is 1. The van der Waals surface area contributed by atoms with E-state index in [0.29, 0.717) is 6.04 Å². The van der Waals surface area contributed by atoms with Gasteiger partial charge in [-0.25, -0.2) is 0 Å². The van der Waals surface area contributed by atoms with Crippen LogP contribution in [0.5, 0.6) is 0 Å². The molecule has 0 unspecified atom stereocenters. The van der Waals surface area contributed by atoms with Crippen LogP contribution in [0.15, 0.2) is 28.7 Å². The monoisotopic (exact) mass is 269 g/mol. The van der Waals surface area contributed by atoms with Crippen molar-refractivity contribution in [3.63, 3.8) is 0 Å². The molecule has 2 nitrogen and oxygen atoms in total. The van der Waals surface area contributed by atoms with Crippen LogP contribution in [-0.2, 0) is 4.74 Å². The molecule has 0 spiro atoms. The van der Waals surface area contributed by atoms with Crippen molar-refractivity contribution in [1.82, 2.24) is 4.90 Å². The first kappa shape index (κ1) is 11.1. The smallest absolute Gasteiger partial charge is 0.0594 e. The topological polar surface area (TPSA) is 12.5 Å². The van der Waals surface area contributed by atoms with Gasteiger partial charge in [-0.3, -0.25) is 4.90 Å². The Labute approximate surface area is 99.4 Å². The van der Waals surface area contributed by atoms with Gasteiger partial charge in [0.1, 0.15) is 0 Å². The lowest BCUT2D eigenvalue weighted by atomic mass is 10.1. The van der Waals surface area contributed by atoms with Crippen molar-refractivity contribution in [2.75, 3.05) is 26.3 Å². The lowest BCUT2D eigenvalue weighted by Crippen LogP contribution is -2.37. The molecule has 1 saturated heterocycles. The third kappa shape index (κ3) is 2.80. The third-order valence-corrected chi connectivity index (χ3v) is 3.47. The first-order chi connectivity index (χ1) is 7.27. The van der Waals surface area contributed by atoms with E-state index in [9.17, 15) is 0 Å². The molecule has 0 amide bonds. The molecule has 0 saturated carbocycles. The standard InChI is InChI=1S/C12H16BrNO/c1-10(14-6-8-15-9-7-14)11-2-4-12(13)5-3-11/h2-5,10H,6-9H2,1H3/t10-/m1/s1. The zero-order valence-electron chi connectivity index (χ0n) is 8.95. The summed E-state index contributed by atoms with van der Waals surface area (Å²) in [6.45, 7) is 6.06. The molecule has 1 heterocycles. The number of benzene rings is 1. The van der Waals surface area contributed by atoms with Gasteiger partial charge in [-0.15, -0.1) is 0 Å². The van der Waals surface area contributed by atoms with Crippen LogP contribution in [0.4, 0.5) is 0 Å². The van der Waals surface area contributed by atoms with Crippen LogP contribution in [0, 0.1) is 0 Å². The van der Waals surface area contributed by atoms with Crippen LogP contribution in [0.2, 0.25) is 0 Å². The second-order valence-electron chi connectivity index (χ2n) is 3.88. The Morgan fingerprint density at radius 1 is 1.20 bits per heavy atom. The molecule has 0 N–H and O–H groups in total. The van der Waals surface area contributed by atoms with Gasteiger partial charge in [-0.1, -0.05) is 28.1 Å². The summed E-state index contributed by atoms with van der Waals surface area (Å²) >= 11 is 3.46. The molecule has 1 atom stereocenters. The Hall–Kier alpha value is -0.380. The first-order valence-corrected chi connectivity index (χ1v) is 6.14. The molecule has 1 aliphatic heterocycles. The maximum absolute atomic E-state index is 5.36. The zero-order chi connectivity index (χ0) is 10.7. The van der Waals surface area contributed by atoms with Crippen LogP contribution < -0.4 is 0 Å². The van der Waals surface area contributed by atoms with Crippen LogP contribution in [0.3, 0.4) is 0 Å². The van der Waals surface area contributed by atoms with Gasteiger partial charge in [-0.2, -0.15) is 0 Å². The van der Waals surface area contributed by atoms with Crippen LogP contribution in [-0.4, -0.2) is 31.2 Å². The van der Waals surface area contributed by atoms with Gasteiger partial charge in [0.25, 0.3) is 0 Å². The fourth-order valence-corrected chi connectivity index (χ4v) is 2.18. The van der Waals surface area contributed by atoms with Crippen molar-refractivity contribution >= 4 is 15.9 Å². The molecule has 1 aromatic rings. The zero-order valence-corrected chi connectivity index (χ0v) is 10.5. The molecule has 0 aromatic heterocycles. The van der Waals surface area contributed by atoms with E-state index < -0.39 is 0 Å². The summed E-state index contributed by atoms with van der Waals surface area (Å²) in [5.74, 6) is 0. The highest BCUT2D eigenvalue weighted by Gasteiger charge is 2.17. The van der Waals surface area contributed by atoms with Gasteiger partial charge in [0.2, 0.25) is 0 Å². The molecule has 2 rings (SSSR count). The predicted molar refractivity (Wildman–Crippen MR) is 64.9 cm³/mol. The van der Waals surface area contributed by atoms with Crippen molar-refractivity contribution in [2.24, 2.45) is 0 Å². The van der Waals surface area contributed by atoms with Crippen molar-refractivity contribution in [3.8, 4) is 0 Å². The molecule has 1 aromatic carbocycles. The molecule has 0 radical (unpaired) electrons. The SMILES string of the molecule is C[C@H](c1ccc(Br)cc1)N1CCOCC1. The Morgan fingerprint density at radius 3 is 2.40 bits per heavy atom. The molecule has 0 aliphatic carbocycles. The molecular weight excluding hydrogens is 254 g/mol. The van der Waals surface area contributed by atoms with E-state index in [1.54, 1.807) is 0 Å². The second-order valence-corrected chi connectivity index (χ2v) is 4.79. The van der Waals surface area contributed by atoms with Crippen LogP contribution in [0.25, 0.3) is 0 Å². The molecule has 15 heavy (non-hydrogen) atoms. The van der Waals surface area contributed by atoms with Gasteiger partial charge in [0.15, 0.2) is 0 Å². The summed E-state index contributed by atoms with van der Waals surface area (Å²) in [7, 11) is 0. The van der Waals surface area contributed by atoms with E-state index in [1.165, 1.54) is 5.56 Å². The summed E-state index contributed by atoms with van der Waals surface area (Å²) < 4.78 is 6.49. The predicted octanol–water partition coefficient (Wildman–Crippen LogP) is 2.84. The van der Waals surface area contributed by atoms with Crippen LogP contribution >= 0.6 is 15.9 Å². The van der Waals surface area contributed by atoms with Gasteiger partial charge in [-0.05, 0) is 24.6 Å². The molecule has 0 bridgehead atoms. The molecule has 3 heteroatoms. The van der Waals surface area contributed by atoms with Crippen molar-refractivity contribution in [2.45, 2.75) is 13.0 Å². The Kier molecular flexibility index (Phi) is 3.78. The van der Waals surface area contributed by atoms with Gasteiger partial charge in [0, 0.05) is 23.6 Å². The van der Waals surface area contributed by atoms with Gasteiger partial charge < -0.3 is 4.74 Å².